The summed E-state index contributed by atoms with van der Waals surface area (Å²) in [6, 6.07) is 25.4. The van der Waals surface area contributed by atoms with Gasteiger partial charge in [0.15, 0.2) is 6.10 Å². The predicted molar refractivity (Wildman–Crippen MR) is 152 cm³/mol. The van der Waals surface area contributed by atoms with E-state index in [-0.39, 0.29) is 18.1 Å². The van der Waals surface area contributed by atoms with Crippen LogP contribution >= 0.6 is 0 Å². The Bertz CT molecular complexity index is 1430. The molecule has 0 radical (unpaired) electrons. The summed E-state index contributed by atoms with van der Waals surface area (Å²) in [5.41, 5.74) is -0.0851. The summed E-state index contributed by atoms with van der Waals surface area (Å²) in [5, 5.41) is 11.0. The Morgan fingerprint density at radius 2 is 1.65 bits per heavy atom. The predicted octanol–water partition coefficient (Wildman–Crippen LogP) is 6.75. The largest absolute Gasteiger partial charge is 0.483 e. The normalized spacial score (nSPS) is 22.5. The maximum absolute atomic E-state index is 14.1. The summed E-state index contributed by atoms with van der Waals surface area (Å²) in [7, 11) is 0. The molecule has 3 aromatic carbocycles. The Kier molecular flexibility index (Phi) is 8.12. The monoisotopic (exact) mass is 539 g/mol. The van der Waals surface area contributed by atoms with Gasteiger partial charge in [-0.1, -0.05) is 61.9 Å². The molecule has 2 aliphatic heterocycles. The van der Waals surface area contributed by atoms with E-state index >= 15 is 0 Å². The van der Waals surface area contributed by atoms with Crippen LogP contribution in [0, 0.1) is 11.3 Å². The van der Waals surface area contributed by atoms with Gasteiger partial charge in [0.2, 0.25) is 5.78 Å². The van der Waals surface area contributed by atoms with Crippen molar-refractivity contribution in [2.75, 3.05) is 13.2 Å². The SMILES string of the molecule is CCCC1=NC(C(=O)c2cccc(Oc3ccccc3)c2)=C(C)C(C(=O)O)(C2CCOC2)C1Oc1ccccc1. The molecule has 2 heterocycles. The molecule has 0 spiro atoms. The second-order valence-electron chi connectivity index (χ2n) is 10.1. The van der Waals surface area contributed by atoms with Gasteiger partial charge >= 0.3 is 5.97 Å². The number of hydrogen-bond acceptors (Lipinski definition) is 6. The topological polar surface area (TPSA) is 94.4 Å². The number of carbonyl (C=O) groups is 2. The van der Waals surface area contributed by atoms with Gasteiger partial charge in [0.25, 0.3) is 0 Å². The smallest absolute Gasteiger partial charge is 0.318 e. The summed E-state index contributed by atoms with van der Waals surface area (Å²) in [4.78, 5) is 32.3. The Morgan fingerprint density at radius 1 is 0.975 bits per heavy atom. The first-order chi connectivity index (χ1) is 19.4. The number of carboxylic acid groups (broad SMARTS) is 1. The summed E-state index contributed by atoms with van der Waals surface area (Å²) in [6.07, 6.45) is 0.856. The van der Waals surface area contributed by atoms with Crippen molar-refractivity contribution in [2.24, 2.45) is 16.3 Å². The van der Waals surface area contributed by atoms with Gasteiger partial charge in [0, 0.05) is 18.1 Å². The molecular weight excluding hydrogens is 506 g/mol. The fraction of sp³-hybridized carbons (Fsp3) is 0.303. The molecular formula is C33H33NO6. The highest BCUT2D eigenvalue weighted by Gasteiger charge is 2.60. The minimum absolute atomic E-state index is 0.141. The van der Waals surface area contributed by atoms with E-state index < -0.39 is 23.4 Å². The number of hydrogen-bond donors (Lipinski definition) is 1. The van der Waals surface area contributed by atoms with Crippen LogP contribution < -0.4 is 9.47 Å². The Labute approximate surface area is 234 Å². The second kappa shape index (κ2) is 11.9. The van der Waals surface area contributed by atoms with Gasteiger partial charge < -0.3 is 19.3 Å². The average Bonchev–Trinajstić information content (AvgIpc) is 3.51. The van der Waals surface area contributed by atoms with Crippen molar-refractivity contribution >= 4 is 17.5 Å². The molecule has 0 aliphatic carbocycles. The molecule has 2 aliphatic rings. The van der Waals surface area contributed by atoms with Crippen molar-refractivity contribution in [1.82, 2.24) is 0 Å². The molecule has 1 N–H and O–H groups in total. The zero-order chi connectivity index (χ0) is 28.1. The van der Waals surface area contributed by atoms with Crippen molar-refractivity contribution in [3.63, 3.8) is 0 Å². The van der Waals surface area contributed by atoms with E-state index in [1.165, 1.54) is 0 Å². The van der Waals surface area contributed by atoms with Crippen LogP contribution in [0.25, 0.3) is 0 Å². The van der Waals surface area contributed by atoms with Crippen LogP contribution in [-0.4, -0.2) is 41.9 Å². The number of para-hydroxylation sites is 2. The molecule has 3 atom stereocenters. The average molecular weight is 540 g/mol. The van der Waals surface area contributed by atoms with Gasteiger partial charge in [-0.2, -0.15) is 0 Å². The number of nitrogens with zero attached hydrogens (tertiary/aromatic N) is 1. The van der Waals surface area contributed by atoms with Crippen LogP contribution in [0.5, 0.6) is 17.2 Å². The number of rotatable bonds is 10. The van der Waals surface area contributed by atoms with Crippen LogP contribution in [0.1, 0.15) is 43.5 Å². The lowest BCUT2D eigenvalue weighted by molar-refractivity contribution is -0.154. The van der Waals surface area contributed by atoms with Crippen molar-refractivity contribution in [3.8, 4) is 17.2 Å². The van der Waals surface area contributed by atoms with Gasteiger partial charge in [0.05, 0.1) is 12.3 Å². The number of carbonyl (C=O) groups excluding carboxylic acids is 1. The second-order valence-corrected chi connectivity index (χ2v) is 10.1. The van der Waals surface area contributed by atoms with Crippen LogP contribution in [0.3, 0.4) is 0 Å². The summed E-state index contributed by atoms with van der Waals surface area (Å²) in [6.45, 7) is 4.42. The first-order valence-corrected chi connectivity index (χ1v) is 13.6. The summed E-state index contributed by atoms with van der Waals surface area (Å²) >= 11 is 0. The molecule has 0 saturated carbocycles. The van der Waals surface area contributed by atoms with E-state index in [4.69, 9.17) is 19.2 Å². The highest BCUT2D eigenvalue weighted by atomic mass is 16.5. The Morgan fingerprint density at radius 3 is 2.27 bits per heavy atom. The van der Waals surface area contributed by atoms with Crippen LogP contribution in [-0.2, 0) is 9.53 Å². The van der Waals surface area contributed by atoms with Gasteiger partial charge in [-0.15, -0.1) is 0 Å². The number of allylic oxidation sites excluding steroid dienone is 1. The van der Waals surface area contributed by atoms with Gasteiger partial charge in [-0.25, -0.2) is 4.99 Å². The Hall–Kier alpha value is -4.23. The van der Waals surface area contributed by atoms with Gasteiger partial charge in [-0.3, -0.25) is 9.59 Å². The number of ketones is 1. The van der Waals surface area contributed by atoms with E-state index in [1.807, 2.05) is 55.5 Å². The van der Waals surface area contributed by atoms with Crippen LogP contribution in [0.4, 0.5) is 0 Å². The molecule has 0 bridgehead atoms. The quantitative estimate of drug-likeness (QED) is 0.287. The minimum Gasteiger partial charge on any atom is -0.483 e. The van der Waals surface area contributed by atoms with Crippen molar-refractivity contribution in [3.05, 3.63) is 102 Å². The van der Waals surface area contributed by atoms with E-state index in [0.717, 1.165) is 0 Å². The molecule has 5 rings (SSSR count). The standard InChI is InChI=1S/C33H33NO6/c1-3-11-28-31(40-26-15-8-5-9-16-26)33(32(36)37,24-18-19-38-21-24)22(2)29(34-28)30(35)23-12-10-17-27(20-23)39-25-13-6-4-7-14-25/h4-10,12-17,20,24,31H,3,11,18-19,21H2,1-2H3,(H,36,37). The third-order valence-corrected chi connectivity index (χ3v) is 7.67. The van der Waals surface area contributed by atoms with E-state index in [1.54, 1.807) is 43.3 Å². The van der Waals surface area contributed by atoms with E-state index in [9.17, 15) is 14.7 Å². The molecule has 0 aromatic heterocycles. The maximum atomic E-state index is 14.1. The molecule has 1 saturated heterocycles. The van der Waals surface area contributed by atoms with Crippen molar-refractivity contribution < 1.29 is 28.9 Å². The molecule has 3 unspecified atom stereocenters. The first-order valence-electron chi connectivity index (χ1n) is 13.6. The third-order valence-electron chi connectivity index (χ3n) is 7.67. The number of aliphatic carboxylic acids is 1. The maximum Gasteiger partial charge on any atom is 0.318 e. The van der Waals surface area contributed by atoms with Gasteiger partial charge in [0.1, 0.15) is 28.4 Å². The van der Waals surface area contributed by atoms with E-state index in [2.05, 4.69) is 0 Å². The minimum atomic E-state index is -1.53. The molecule has 7 nitrogen and oxygen atoms in total. The lowest BCUT2D eigenvalue weighted by atomic mass is 9.62. The first kappa shape index (κ1) is 27.3. The zero-order valence-electron chi connectivity index (χ0n) is 22.7. The lowest BCUT2D eigenvalue weighted by Crippen LogP contribution is -2.57. The number of ether oxygens (including phenoxy) is 3. The lowest BCUT2D eigenvalue weighted by Gasteiger charge is -2.44. The molecule has 206 valence electrons. The summed E-state index contributed by atoms with van der Waals surface area (Å²) < 4.78 is 18.1. The molecule has 3 aromatic rings. The molecule has 0 amide bonds. The number of aliphatic imine (C=N–C) groups is 1. The molecule has 1 fully saturated rings. The Balaban J connectivity index is 1.61. The molecule has 7 heteroatoms. The number of carboxylic acids is 1. The van der Waals surface area contributed by atoms with Crippen molar-refractivity contribution in [1.29, 1.82) is 0 Å². The highest BCUT2D eigenvalue weighted by molar-refractivity contribution is 6.13. The number of benzene rings is 3. The summed E-state index contributed by atoms with van der Waals surface area (Å²) in [5.74, 6) is -0.0900. The third kappa shape index (κ3) is 5.17. The van der Waals surface area contributed by atoms with Crippen molar-refractivity contribution in [2.45, 2.75) is 39.2 Å². The fourth-order valence-corrected chi connectivity index (χ4v) is 5.72. The zero-order valence-corrected chi connectivity index (χ0v) is 22.7. The van der Waals surface area contributed by atoms with Crippen LogP contribution in [0.2, 0.25) is 0 Å². The molecule has 40 heavy (non-hydrogen) atoms. The fourth-order valence-electron chi connectivity index (χ4n) is 5.72. The van der Waals surface area contributed by atoms with E-state index in [0.29, 0.717) is 60.0 Å². The van der Waals surface area contributed by atoms with Gasteiger partial charge in [-0.05, 0) is 61.7 Å². The van der Waals surface area contributed by atoms with Crippen LogP contribution in [0.15, 0.2) is 101 Å². The highest BCUT2D eigenvalue weighted by Crippen LogP contribution is 2.50. The number of Topliss-reactive ketones (excluding diaryl/α,β-unsaturated/α-hetero) is 1.